The summed E-state index contributed by atoms with van der Waals surface area (Å²) in [6, 6.07) is 18.6. The maximum absolute atomic E-state index is 11.6. The summed E-state index contributed by atoms with van der Waals surface area (Å²) in [5.41, 5.74) is 3.52. The van der Waals surface area contributed by atoms with Crippen molar-refractivity contribution >= 4 is 25.8 Å². The Morgan fingerprint density at radius 1 is 0.952 bits per heavy atom. The van der Waals surface area contributed by atoms with E-state index in [1.165, 1.54) is 11.1 Å². The molecule has 1 saturated heterocycles. The first kappa shape index (κ1) is 14.8. The molecule has 1 aliphatic rings. The maximum Gasteiger partial charge on any atom is 0.150 e. The molecule has 21 heavy (non-hydrogen) atoms. The molecule has 0 radical (unpaired) electrons. The molecule has 0 saturated carbocycles. The van der Waals surface area contributed by atoms with E-state index in [4.69, 9.17) is 0 Å². The van der Waals surface area contributed by atoms with Gasteiger partial charge in [0, 0.05) is 4.83 Å². The van der Waals surface area contributed by atoms with E-state index >= 15 is 0 Å². The fourth-order valence-corrected chi connectivity index (χ4v) is 5.66. The van der Waals surface area contributed by atoms with E-state index in [0.717, 1.165) is 12.0 Å². The van der Waals surface area contributed by atoms with Gasteiger partial charge in [-0.3, -0.25) is 0 Å². The molecule has 0 N–H and O–H groups in total. The Morgan fingerprint density at radius 3 is 2.14 bits per heavy atom. The van der Waals surface area contributed by atoms with Crippen LogP contribution in [0.3, 0.4) is 0 Å². The van der Waals surface area contributed by atoms with E-state index in [0.29, 0.717) is 11.5 Å². The van der Waals surface area contributed by atoms with Gasteiger partial charge < -0.3 is 0 Å². The number of hydrogen-bond acceptors (Lipinski definition) is 2. The third kappa shape index (κ3) is 3.38. The average Bonchev–Trinajstić information content (AvgIpc) is 2.88. The van der Waals surface area contributed by atoms with Gasteiger partial charge in [0.1, 0.15) is 0 Å². The van der Waals surface area contributed by atoms with Crippen molar-refractivity contribution in [3.05, 3.63) is 60.2 Å². The third-order valence-electron chi connectivity index (χ3n) is 4.02. The number of rotatable bonds is 3. The quantitative estimate of drug-likeness (QED) is 0.763. The van der Waals surface area contributed by atoms with Gasteiger partial charge in [-0.15, -0.1) is 0 Å². The van der Waals surface area contributed by atoms with Crippen molar-refractivity contribution in [1.82, 2.24) is 0 Å². The molecule has 1 fully saturated rings. The monoisotopic (exact) mass is 364 g/mol. The van der Waals surface area contributed by atoms with Gasteiger partial charge in [-0.25, -0.2) is 8.42 Å². The van der Waals surface area contributed by atoms with Crippen LogP contribution in [0.2, 0.25) is 0 Å². The summed E-state index contributed by atoms with van der Waals surface area (Å²) in [5, 5.41) is 0. The van der Waals surface area contributed by atoms with Crippen LogP contribution in [0.4, 0.5) is 0 Å². The maximum atomic E-state index is 11.6. The molecule has 0 bridgehead atoms. The van der Waals surface area contributed by atoms with Crippen molar-refractivity contribution in [3.8, 4) is 11.1 Å². The molecule has 0 aliphatic carbocycles. The fraction of sp³-hybridized carbons (Fsp3) is 0.294. The second-order valence-corrected chi connectivity index (χ2v) is 8.77. The normalized spacial score (nSPS) is 22.0. The first-order valence-electron chi connectivity index (χ1n) is 7.05. The van der Waals surface area contributed by atoms with E-state index in [9.17, 15) is 8.42 Å². The Bertz CT molecular complexity index is 708. The second-order valence-electron chi connectivity index (χ2n) is 5.55. The highest BCUT2D eigenvalue weighted by atomic mass is 79.9. The van der Waals surface area contributed by atoms with E-state index in [1.807, 2.05) is 18.2 Å². The lowest BCUT2D eigenvalue weighted by atomic mass is 9.96. The van der Waals surface area contributed by atoms with Gasteiger partial charge in [-0.2, -0.15) is 0 Å². The minimum Gasteiger partial charge on any atom is -0.229 e. The SMILES string of the molecule is O=S1(=O)CCC(C(Br)c2ccc(-c3ccccc3)cc2)C1. The Labute approximate surface area is 134 Å². The summed E-state index contributed by atoms with van der Waals surface area (Å²) < 4.78 is 23.2. The van der Waals surface area contributed by atoms with E-state index in [2.05, 4.69) is 52.3 Å². The van der Waals surface area contributed by atoms with Crippen LogP contribution in [0.25, 0.3) is 11.1 Å². The standard InChI is InChI=1S/C17H17BrO2S/c18-17(16-10-11-21(19,20)12-16)15-8-6-14(7-9-15)13-4-2-1-3-5-13/h1-9,16-17H,10-12H2. The van der Waals surface area contributed by atoms with Crippen molar-refractivity contribution in [2.45, 2.75) is 11.2 Å². The van der Waals surface area contributed by atoms with Crippen molar-refractivity contribution in [1.29, 1.82) is 0 Å². The number of alkyl halides is 1. The van der Waals surface area contributed by atoms with Gasteiger partial charge in [-0.1, -0.05) is 70.5 Å². The predicted molar refractivity (Wildman–Crippen MR) is 90.3 cm³/mol. The van der Waals surface area contributed by atoms with Crippen LogP contribution in [0.15, 0.2) is 54.6 Å². The number of halogens is 1. The molecule has 2 aromatic rings. The second kappa shape index (κ2) is 5.93. The van der Waals surface area contributed by atoms with Crippen molar-refractivity contribution in [2.75, 3.05) is 11.5 Å². The van der Waals surface area contributed by atoms with Gasteiger partial charge in [0.25, 0.3) is 0 Å². The van der Waals surface area contributed by atoms with Gasteiger partial charge in [0.05, 0.1) is 11.5 Å². The molecule has 0 aromatic heterocycles. The molecule has 2 aromatic carbocycles. The number of hydrogen-bond donors (Lipinski definition) is 0. The lowest BCUT2D eigenvalue weighted by molar-refractivity contribution is 0.580. The number of sulfone groups is 1. The van der Waals surface area contributed by atoms with Crippen LogP contribution < -0.4 is 0 Å². The van der Waals surface area contributed by atoms with Gasteiger partial charge >= 0.3 is 0 Å². The highest BCUT2D eigenvalue weighted by molar-refractivity contribution is 9.09. The first-order chi connectivity index (χ1) is 10.1. The minimum absolute atomic E-state index is 0.111. The molecule has 1 heterocycles. The molecule has 3 rings (SSSR count). The Hall–Kier alpha value is -1.13. The summed E-state index contributed by atoms with van der Waals surface area (Å²) in [4.78, 5) is 0.111. The van der Waals surface area contributed by atoms with E-state index in [-0.39, 0.29) is 10.7 Å². The molecule has 2 atom stereocenters. The Balaban J connectivity index is 1.78. The first-order valence-corrected chi connectivity index (χ1v) is 9.79. The van der Waals surface area contributed by atoms with Crippen LogP contribution in [0.5, 0.6) is 0 Å². The summed E-state index contributed by atoms with van der Waals surface area (Å²) in [5.74, 6) is 0.795. The lowest BCUT2D eigenvalue weighted by Crippen LogP contribution is -2.10. The third-order valence-corrected chi connectivity index (χ3v) is 7.09. The molecule has 0 amide bonds. The van der Waals surface area contributed by atoms with Crippen molar-refractivity contribution in [3.63, 3.8) is 0 Å². The van der Waals surface area contributed by atoms with Gasteiger partial charge in [0.2, 0.25) is 0 Å². The summed E-state index contributed by atoms with van der Waals surface area (Å²) >= 11 is 3.68. The largest absolute Gasteiger partial charge is 0.229 e. The van der Waals surface area contributed by atoms with Crippen LogP contribution in [0, 0.1) is 5.92 Å². The van der Waals surface area contributed by atoms with Gasteiger partial charge in [-0.05, 0) is 29.0 Å². The van der Waals surface area contributed by atoms with Crippen molar-refractivity contribution < 1.29 is 8.42 Å². The summed E-state index contributed by atoms with van der Waals surface area (Å²) in [6.07, 6.45) is 0.749. The Morgan fingerprint density at radius 2 is 1.57 bits per heavy atom. The fourth-order valence-electron chi connectivity index (χ4n) is 2.82. The van der Waals surface area contributed by atoms with Gasteiger partial charge in [0.15, 0.2) is 9.84 Å². The molecule has 1 aliphatic heterocycles. The van der Waals surface area contributed by atoms with E-state index in [1.54, 1.807) is 0 Å². The zero-order chi connectivity index (χ0) is 14.9. The smallest absolute Gasteiger partial charge is 0.150 e. The molecule has 0 spiro atoms. The molecular weight excluding hydrogens is 348 g/mol. The number of benzene rings is 2. The molecule has 4 heteroatoms. The van der Waals surface area contributed by atoms with E-state index < -0.39 is 9.84 Å². The highest BCUT2D eigenvalue weighted by Gasteiger charge is 2.33. The van der Waals surface area contributed by atoms with Crippen LogP contribution >= 0.6 is 15.9 Å². The summed E-state index contributed by atoms with van der Waals surface area (Å²) in [7, 11) is -2.83. The van der Waals surface area contributed by atoms with Crippen LogP contribution in [0.1, 0.15) is 16.8 Å². The molecule has 2 unspecified atom stereocenters. The molecule has 2 nitrogen and oxygen atoms in total. The minimum atomic E-state index is -2.83. The average molecular weight is 365 g/mol. The predicted octanol–water partition coefficient (Wildman–Crippen LogP) is 4.22. The topological polar surface area (TPSA) is 34.1 Å². The molecular formula is C17H17BrO2S. The highest BCUT2D eigenvalue weighted by Crippen LogP contribution is 2.38. The summed E-state index contributed by atoms with van der Waals surface area (Å²) in [6.45, 7) is 0. The van der Waals surface area contributed by atoms with Crippen LogP contribution in [-0.4, -0.2) is 19.9 Å². The van der Waals surface area contributed by atoms with Crippen molar-refractivity contribution in [2.24, 2.45) is 5.92 Å². The Kier molecular flexibility index (Phi) is 4.18. The zero-order valence-corrected chi connectivity index (χ0v) is 14.0. The lowest BCUT2D eigenvalue weighted by Gasteiger charge is -2.16. The zero-order valence-electron chi connectivity index (χ0n) is 11.6. The molecule has 110 valence electrons. The van der Waals surface area contributed by atoms with Crippen LogP contribution in [-0.2, 0) is 9.84 Å².